The molecule has 0 spiro atoms. The number of unbranched alkanes of at least 4 members (excludes halogenated alkanes) is 2. The summed E-state index contributed by atoms with van der Waals surface area (Å²) in [6.07, 6.45) is 7.66. The van der Waals surface area contributed by atoms with E-state index in [9.17, 15) is 0 Å². The number of rotatable bonds is 8. The van der Waals surface area contributed by atoms with Gasteiger partial charge in [0.1, 0.15) is 0 Å². The Kier molecular flexibility index (Phi) is 8.13. The van der Waals surface area contributed by atoms with Crippen LogP contribution in [0.4, 0.5) is 0 Å². The molecule has 0 aromatic rings. The highest BCUT2D eigenvalue weighted by Crippen LogP contribution is 2.08. The van der Waals surface area contributed by atoms with Crippen LogP contribution < -0.4 is 0 Å². The Morgan fingerprint density at radius 2 is 1.86 bits per heavy atom. The van der Waals surface area contributed by atoms with E-state index in [-0.39, 0.29) is 0 Å². The third-order valence-corrected chi connectivity index (χ3v) is 3.72. The smallest absolute Gasteiger partial charge is 0.331 e. The molecule has 0 saturated heterocycles. The molecule has 0 radical (unpaired) electrons. The van der Waals surface area contributed by atoms with E-state index in [0.29, 0.717) is 6.61 Å². The summed E-state index contributed by atoms with van der Waals surface area (Å²) >= 11 is 0. The SMILES string of the molecule is C/C=C/CO[Si](C)(C)OCCCCC. The van der Waals surface area contributed by atoms with Gasteiger partial charge in [-0.05, 0) is 26.4 Å². The minimum absolute atomic E-state index is 0.684. The molecular formula is C11H24O2Si. The van der Waals surface area contributed by atoms with Crippen molar-refractivity contribution in [3.05, 3.63) is 12.2 Å². The lowest BCUT2D eigenvalue weighted by Crippen LogP contribution is -2.35. The van der Waals surface area contributed by atoms with Crippen molar-refractivity contribution in [2.45, 2.75) is 46.2 Å². The summed E-state index contributed by atoms with van der Waals surface area (Å²) in [5, 5.41) is 0. The van der Waals surface area contributed by atoms with Gasteiger partial charge in [0.15, 0.2) is 0 Å². The monoisotopic (exact) mass is 216 g/mol. The van der Waals surface area contributed by atoms with Crippen LogP contribution in [0.25, 0.3) is 0 Å². The Morgan fingerprint density at radius 3 is 2.43 bits per heavy atom. The van der Waals surface area contributed by atoms with Crippen molar-refractivity contribution in [3.63, 3.8) is 0 Å². The zero-order valence-corrected chi connectivity index (χ0v) is 11.0. The summed E-state index contributed by atoms with van der Waals surface area (Å²) < 4.78 is 11.4. The first-order valence-corrected chi connectivity index (χ1v) is 8.33. The Balaban J connectivity index is 3.50. The summed E-state index contributed by atoms with van der Waals surface area (Å²) in [5.41, 5.74) is 0. The molecular weight excluding hydrogens is 192 g/mol. The van der Waals surface area contributed by atoms with Gasteiger partial charge in [-0.1, -0.05) is 31.9 Å². The molecule has 0 atom stereocenters. The summed E-state index contributed by atoms with van der Waals surface area (Å²) in [5.74, 6) is 0. The quantitative estimate of drug-likeness (QED) is 0.351. The largest absolute Gasteiger partial charge is 0.395 e. The van der Waals surface area contributed by atoms with Gasteiger partial charge in [-0.25, -0.2) is 0 Å². The zero-order valence-electron chi connectivity index (χ0n) is 10.0. The molecule has 0 aromatic carbocycles. The van der Waals surface area contributed by atoms with Crippen molar-refractivity contribution in [2.24, 2.45) is 0 Å². The van der Waals surface area contributed by atoms with E-state index in [4.69, 9.17) is 8.85 Å². The first-order chi connectivity index (χ1) is 6.62. The maximum atomic E-state index is 5.76. The maximum Gasteiger partial charge on any atom is 0.331 e. The topological polar surface area (TPSA) is 18.5 Å². The van der Waals surface area contributed by atoms with Gasteiger partial charge >= 0.3 is 8.56 Å². The molecule has 0 amide bonds. The van der Waals surface area contributed by atoms with Crippen LogP contribution in [0, 0.1) is 0 Å². The first kappa shape index (κ1) is 13.9. The van der Waals surface area contributed by atoms with E-state index in [0.717, 1.165) is 13.0 Å². The first-order valence-electron chi connectivity index (χ1n) is 5.51. The van der Waals surface area contributed by atoms with Crippen molar-refractivity contribution in [3.8, 4) is 0 Å². The van der Waals surface area contributed by atoms with E-state index >= 15 is 0 Å². The van der Waals surface area contributed by atoms with Gasteiger partial charge in [-0.3, -0.25) is 0 Å². The Bertz CT molecular complexity index is 155. The lowest BCUT2D eigenvalue weighted by atomic mass is 10.3. The molecule has 0 heterocycles. The van der Waals surface area contributed by atoms with Crippen LogP contribution in [0.2, 0.25) is 13.1 Å². The molecule has 0 rings (SSSR count). The Hall–Kier alpha value is -0.123. The van der Waals surface area contributed by atoms with Crippen LogP contribution in [0.5, 0.6) is 0 Å². The summed E-state index contributed by atoms with van der Waals surface area (Å²) in [6, 6.07) is 0. The van der Waals surface area contributed by atoms with Crippen molar-refractivity contribution < 1.29 is 8.85 Å². The summed E-state index contributed by atoms with van der Waals surface area (Å²) in [6.45, 7) is 9.93. The average molecular weight is 216 g/mol. The molecule has 84 valence electrons. The van der Waals surface area contributed by atoms with Crippen molar-refractivity contribution in [2.75, 3.05) is 13.2 Å². The van der Waals surface area contributed by atoms with Crippen molar-refractivity contribution in [1.82, 2.24) is 0 Å². The van der Waals surface area contributed by atoms with Crippen molar-refractivity contribution in [1.29, 1.82) is 0 Å². The van der Waals surface area contributed by atoms with Gasteiger partial charge in [-0.2, -0.15) is 0 Å². The average Bonchev–Trinajstić information content (AvgIpc) is 2.13. The third-order valence-electron chi connectivity index (χ3n) is 1.96. The fourth-order valence-corrected chi connectivity index (χ4v) is 2.27. The molecule has 0 fully saturated rings. The van der Waals surface area contributed by atoms with Gasteiger partial charge < -0.3 is 8.85 Å². The van der Waals surface area contributed by atoms with E-state index in [2.05, 4.69) is 20.0 Å². The number of hydrogen-bond acceptors (Lipinski definition) is 2. The molecule has 2 nitrogen and oxygen atoms in total. The van der Waals surface area contributed by atoms with Crippen LogP contribution in [-0.4, -0.2) is 21.8 Å². The molecule has 3 heteroatoms. The zero-order chi connectivity index (χ0) is 10.9. The second-order valence-electron chi connectivity index (χ2n) is 3.84. The van der Waals surface area contributed by atoms with E-state index in [1.165, 1.54) is 12.8 Å². The summed E-state index contributed by atoms with van der Waals surface area (Å²) in [4.78, 5) is 0. The minimum Gasteiger partial charge on any atom is -0.395 e. The van der Waals surface area contributed by atoms with Crippen LogP contribution in [0.1, 0.15) is 33.1 Å². The Morgan fingerprint density at radius 1 is 1.14 bits per heavy atom. The second kappa shape index (κ2) is 8.21. The van der Waals surface area contributed by atoms with Crippen LogP contribution in [0.3, 0.4) is 0 Å². The van der Waals surface area contributed by atoms with Gasteiger partial charge in [-0.15, -0.1) is 0 Å². The molecule has 0 saturated carbocycles. The highest BCUT2D eigenvalue weighted by molar-refractivity contribution is 6.64. The molecule has 0 aliphatic carbocycles. The fourth-order valence-electron chi connectivity index (χ4n) is 1.06. The lowest BCUT2D eigenvalue weighted by molar-refractivity contribution is 0.191. The number of allylic oxidation sites excluding steroid dienone is 1. The van der Waals surface area contributed by atoms with Crippen LogP contribution >= 0.6 is 0 Å². The maximum absolute atomic E-state index is 5.76. The highest BCUT2D eigenvalue weighted by Gasteiger charge is 2.23. The highest BCUT2D eigenvalue weighted by atomic mass is 28.4. The number of hydrogen-bond donors (Lipinski definition) is 0. The van der Waals surface area contributed by atoms with Crippen LogP contribution in [0.15, 0.2) is 12.2 Å². The Labute approximate surface area is 89.6 Å². The second-order valence-corrected chi connectivity index (χ2v) is 7.21. The molecule has 0 aromatic heterocycles. The fraction of sp³-hybridized carbons (Fsp3) is 0.818. The molecule has 0 N–H and O–H groups in total. The predicted octanol–water partition coefficient (Wildman–Crippen LogP) is 3.49. The molecule has 14 heavy (non-hydrogen) atoms. The normalized spacial score (nSPS) is 12.6. The molecule has 0 aliphatic rings. The third kappa shape index (κ3) is 8.47. The summed E-state index contributed by atoms with van der Waals surface area (Å²) in [7, 11) is -1.84. The van der Waals surface area contributed by atoms with Crippen LogP contribution in [-0.2, 0) is 8.85 Å². The van der Waals surface area contributed by atoms with E-state index in [1.807, 2.05) is 19.1 Å². The predicted molar refractivity (Wildman–Crippen MR) is 63.7 cm³/mol. The van der Waals surface area contributed by atoms with Crippen molar-refractivity contribution >= 4 is 8.56 Å². The standard InChI is InChI=1S/C11H24O2Si/c1-5-7-9-11-13-14(3,4)12-10-8-6-2/h6,8H,5,7,9-11H2,1-4H3/b8-6+. The van der Waals surface area contributed by atoms with E-state index < -0.39 is 8.56 Å². The lowest BCUT2D eigenvalue weighted by Gasteiger charge is -2.21. The van der Waals surface area contributed by atoms with Gasteiger partial charge in [0.25, 0.3) is 0 Å². The molecule has 0 bridgehead atoms. The minimum atomic E-state index is -1.84. The molecule has 0 aliphatic heterocycles. The molecule has 0 unspecified atom stereocenters. The van der Waals surface area contributed by atoms with E-state index in [1.54, 1.807) is 0 Å². The van der Waals surface area contributed by atoms with Gasteiger partial charge in [0.2, 0.25) is 0 Å². The van der Waals surface area contributed by atoms with Gasteiger partial charge in [0, 0.05) is 6.61 Å². The van der Waals surface area contributed by atoms with Gasteiger partial charge in [0.05, 0.1) is 6.61 Å².